The van der Waals surface area contributed by atoms with Crippen LogP contribution in [0.15, 0.2) is 46.1 Å². The molecule has 2 aromatic rings. The Morgan fingerprint density at radius 1 is 1.43 bits per heavy atom. The summed E-state index contributed by atoms with van der Waals surface area (Å²) in [5.41, 5.74) is 0. The molecule has 0 saturated carbocycles. The topological polar surface area (TPSA) is 65.7 Å². The molecule has 0 bridgehead atoms. The molecule has 154 valence electrons. The molecule has 9 heteroatoms. The maximum absolute atomic E-state index is 6.29. The fourth-order valence-corrected chi connectivity index (χ4v) is 3.55. The van der Waals surface area contributed by atoms with Gasteiger partial charge in [-0.25, -0.2) is 4.98 Å². The molecule has 1 unspecified atom stereocenters. The van der Waals surface area contributed by atoms with Crippen molar-refractivity contribution in [1.82, 2.24) is 15.6 Å². The summed E-state index contributed by atoms with van der Waals surface area (Å²) in [7, 11) is 0. The van der Waals surface area contributed by atoms with E-state index in [1.807, 2.05) is 24.3 Å². The Balaban J connectivity index is 0.00000280. The van der Waals surface area contributed by atoms with E-state index in [4.69, 9.17) is 21.0 Å². The SMILES string of the molecule is CSCCN=C(NCCc1ccco1)NC1CCN(c2ncccc2Cl)C1.I. The Hall–Kier alpha value is -1.13. The van der Waals surface area contributed by atoms with Gasteiger partial charge in [0, 0.05) is 44.0 Å². The summed E-state index contributed by atoms with van der Waals surface area (Å²) in [6.07, 6.45) is 7.44. The van der Waals surface area contributed by atoms with Crippen LogP contribution >= 0.6 is 47.3 Å². The summed E-state index contributed by atoms with van der Waals surface area (Å²) in [5, 5.41) is 7.68. The number of nitrogens with one attached hydrogen (secondary N) is 2. The van der Waals surface area contributed by atoms with E-state index in [2.05, 4.69) is 26.8 Å². The van der Waals surface area contributed by atoms with Gasteiger partial charge in [-0.2, -0.15) is 11.8 Å². The molecule has 3 rings (SSSR count). The standard InChI is InChI=1S/C19H26ClN5OS.HI/c1-27-13-10-23-19(22-9-6-16-4-3-12-26-16)24-15-7-11-25(14-15)18-17(20)5-2-8-21-18;/h2-5,8,12,15H,6-7,9-11,13-14H2,1H3,(H2,22,23,24);1H. The Labute approximate surface area is 192 Å². The van der Waals surface area contributed by atoms with Crippen molar-refractivity contribution in [3.63, 3.8) is 0 Å². The van der Waals surface area contributed by atoms with Crippen LogP contribution in [0, 0.1) is 0 Å². The number of guanidine groups is 1. The van der Waals surface area contributed by atoms with Crippen molar-refractivity contribution < 1.29 is 4.42 Å². The van der Waals surface area contributed by atoms with E-state index < -0.39 is 0 Å². The molecule has 1 atom stereocenters. The third kappa shape index (κ3) is 7.04. The molecule has 1 aliphatic heterocycles. The van der Waals surface area contributed by atoms with Crippen LogP contribution in [0.1, 0.15) is 12.2 Å². The Bertz CT molecular complexity index is 731. The van der Waals surface area contributed by atoms with Crippen molar-refractivity contribution in [2.24, 2.45) is 4.99 Å². The monoisotopic (exact) mass is 535 g/mol. The van der Waals surface area contributed by atoms with Crippen molar-refractivity contribution in [2.45, 2.75) is 18.9 Å². The lowest BCUT2D eigenvalue weighted by Gasteiger charge is -2.20. The molecule has 2 aromatic heterocycles. The van der Waals surface area contributed by atoms with Crippen molar-refractivity contribution in [2.75, 3.05) is 43.1 Å². The molecule has 2 N–H and O–H groups in total. The van der Waals surface area contributed by atoms with Crippen LogP contribution in [0.4, 0.5) is 5.82 Å². The van der Waals surface area contributed by atoms with Gasteiger partial charge >= 0.3 is 0 Å². The van der Waals surface area contributed by atoms with Crippen molar-refractivity contribution in [3.8, 4) is 0 Å². The molecule has 1 saturated heterocycles. The minimum atomic E-state index is 0. The van der Waals surface area contributed by atoms with Crippen LogP contribution in [-0.2, 0) is 6.42 Å². The molecular formula is C19H27ClIN5OS. The summed E-state index contributed by atoms with van der Waals surface area (Å²) < 4.78 is 5.39. The number of aliphatic imine (C=N–C) groups is 1. The van der Waals surface area contributed by atoms with Gasteiger partial charge in [-0.05, 0) is 36.9 Å². The highest BCUT2D eigenvalue weighted by molar-refractivity contribution is 14.0. The van der Waals surface area contributed by atoms with Crippen LogP contribution in [0.25, 0.3) is 0 Å². The maximum atomic E-state index is 6.29. The molecule has 0 aliphatic carbocycles. The molecule has 28 heavy (non-hydrogen) atoms. The van der Waals surface area contributed by atoms with Gasteiger partial charge in [0.05, 0.1) is 17.8 Å². The van der Waals surface area contributed by atoms with Gasteiger partial charge in [0.2, 0.25) is 0 Å². The lowest BCUT2D eigenvalue weighted by Crippen LogP contribution is -2.45. The van der Waals surface area contributed by atoms with E-state index >= 15 is 0 Å². The number of aromatic nitrogens is 1. The van der Waals surface area contributed by atoms with Gasteiger partial charge in [0.15, 0.2) is 5.96 Å². The maximum Gasteiger partial charge on any atom is 0.191 e. The molecule has 0 spiro atoms. The highest BCUT2D eigenvalue weighted by atomic mass is 127. The first-order chi connectivity index (χ1) is 13.3. The molecule has 0 aromatic carbocycles. The zero-order valence-electron chi connectivity index (χ0n) is 15.9. The van der Waals surface area contributed by atoms with Gasteiger partial charge in [0.25, 0.3) is 0 Å². The first-order valence-electron chi connectivity index (χ1n) is 9.18. The number of rotatable bonds is 8. The first-order valence-corrected chi connectivity index (χ1v) is 10.9. The fourth-order valence-electron chi connectivity index (χ4n) is 3.03. The van der Waals surface area contributed by atoms with Crippen molar-refractivity contribution in [3.05, 3.63) is 47.5 Å². The number of nitrogens with zero attached hydrogens (tertiary/aromatic N) is 3. The summed E-state index contributed by atoms with van der Waals surface area (Å²) in [6, 6.07) is 7.96. The van der Waals surface area contributed by atoms with E-state index in [1.54, 1.807) is 24.2 Å². The van der Waals surface area contributed by atoms with Gasteiger partial charge in [-0.15, -0.1) is 24.0 Å². The molecule has 0 amide bonds. The van der Waals surface area contributed by atoms with Crippen molar-refractivity contribution in [1.29, 1.82) is 0 Å². The predicted molar refractivity (Wildman–Crippen MR) is 130 cm³/mol. The zero-order valence-corrected chi connectivity index (χ0v) is 19.8. The number of anilines is 1. The second kappa shape index (κ2) is 12.4. The zero-order chi connectivity index (χ0) is 18.9. The van der Waals surface area contributed by atoms with Crippen LogP contribution < -0.4 is 15.5 Å². The smallest absolute Gasteiger partial charge is 0.191 e. The summed E-state index contributed by atoms with van der Waals surface area (Å²) in [5.74, 6) is 3.69. The minimum absolute atomic E-state index is 0. The molecule has 0 radical (unpaired) electrons. The number of hydrogen-bond donors (Lipinski definition) is 2. The Morgan fingerprint density at radius 2 is 2.32 bits per heavy atom. The van der Waals surface area contributed by atoms with E-state index in [9.17, 15) is 0 Å². The highest BCUT2D eigenvalue weighted by Gasteiger charge is 2.25. The molecule has 1 fully saturated rings. The lowest BCUT2D eigenvalue weighted by atomic mass is 10.3. The average Bonchev–Trinajstić information content (AvgIpc) is 3.34. The van der Waals surface area contributed by atoms with Crippen LogP contribution in [0.3, 0.4) is 0 Å². The highest BCUT2D eigenvalue weighted by Crippen LogP contribution is 2.25. The van der Waals surface area contributed by atoms with E-state index in [1.165, 1.54) is 0 Å². The number of pyridine rings is 1. The van der Waals surface area contributed by atoms with Crippen LogP contribution in [0.5, 0.6) is 0 Å². The van der Waals surface area contributed by atoms with Crippen LogP contribution in [-0.4, -0.2) is 55.2 Å². The second-order valence-corrected chi connectivity index (χ2v) is 7.76. The fraction of sp³-hybridized carbons (Fsp3) is 0.474. The molecular weight excluding hydrogens is 509 g/mol. The van der Waals surface area contributed by atoms with E-state index in [0.29, 0.717) is 11.1 Å². The quantitative estimate of drug-likeness (QED) is 0.233. The number of thioether (sulfide) groups is 1. The number of halogens is 2. The first kappa shape index (κ1) is 23.2. The largest absolute Gasteiger partial charge is 0.469 e. The molecule has 1 aliphatic rings. The predicted octanol–water partition coefficient (Wildman–Crippen LogP) is 3.67. The van der Waals surface area contributed by atoms with E-state index in [0.717, 1.165) is 62.3 Å². The summed E-state index contributed by atoms with van der Waals surface area (Å²) >= 11 is 8.09. The number of hydrogen-bond acceptors (Lipinski definition) is 5. The normalized spacial score (nSPS) is 16.7. The third-order valence-corrected chi connectivity index (χ3v) is 5.26. The average molecular weight is 536 g/mol. The second-order valence-electron chi connectivity index (χ2n) is 6.36. The lowest BCUT2D eigenvalue weighted by molar-refractivity contribution is 0.506. The Morgan fingerprint density at radius 3 is 3.07 bits per heavy atom. The third-order valence-electron chi connectivity index (χ3n) is 4.38. The van der Waals surface area contributed by atoms with Gasteiger partial charge < -0.3 is 20.0 Å². The van der Waals surface area contributed by atoms with E-state index in [-0.39, 0.29) is 24.0 Å². The van der Waals surface area contributed by atoms with Crippen LogP contribution in [0.2, 0.25) is 5.02 Å². The molecule has 6 nitrogen and oxygen atoms in total. The Kier molecular flexibility index (Phi) is 10.3. The van der Waals surface area contributed by atoms with Gasteiger partial charge in [-0.1, -0.05) is 11.6 Å². The molecule has 3 heterocycles. The van der Waals surface area contributed by atoms with Crippen molar-refractivity contribution >= 4 is 59.1 Å². The van der Waals surface area contributed by atoms with Gasteiger partial charge in [-0.3, -0.25) is 4.99 Å². The summed E-state index contributed by atoms with van der Waals surface area (Å²) in [4.78, 5) is 11.3. The number of furan rings is 1. The summed E-state index contributed by atoms with van der Waals surface area (Å²) in [6.45, 7) is 3.36. The van der Waals surface area contributed by atoms with Gasteiger partial charge in [0.1, 0.15) is 11.6 Å². The minimum Gasteiger partial charge on any atom is -0.469 e.